The van der Waals surface area contributed by atoms with Crippen molar-refractivity contribution < 1.29 is 17.7 Å². The molecule has 1 atom stereocenters. The fourth-order valence-corrected chi connectivity index (χ4v) is 3.12. The molecule has 130 valence electrons. The normalized spacial score (nSPS) is 19.3. The van der Waals surface area contributed by atoms with Crippen molar-refractivity contribution in [3.63, 3.8) is 0 Å². The van der Waals surface area contributed by atoms with Gasteiger partial charge in [-0.15, -0.1) is 0 Å². The summed E-state index contributed by atoms with van der Waals surface area (Å²) < 4.78 is 43.3. The molecule has 0 spiro atoms. The highest BCUT2D eigenvalue weighted by Crippen LogP contribution is 2.34. The average molecular weight is 338 g/mol. The third-order valence-electron chi connectivity index (χ3n) is 4.49. The first kappa shape index (κ1) is 17.0. The maximum Gasteiger partial charge on any atom is 0.416 e. The van der Waals surface area contributed by atoms with Gasteiger partial charge in [0.2, 0.25) is 0 Å². The van der Waals surface area contributed by atoms with E-state index in [0.29, 0.717) is 6.54 Å². The molecule has 3 nitrogen and oxygen atoms in total. The number of hydrogen-bond acceptors (Lipinski definition) is 3. The Balaban J connectivity index is 1.71. The van der Waals surface area contributed by atoms with Crippen molar-refractivity contribution in [2.45, 2.75) is 51.4 Å². The van der Waals surface area contributed by atoms with Crippen LogP contribution < -0.4 is 0 Å². The van der Waals surface area contributed by atoms with Crippen LogP contribution in [0.3, 0.4) is 0 Å². The van der Waals surface area contributed by atoms with Crippen LogP contribution in [0.2, 0.25) is 0 Å². The molecule has 2 aromatic rings. The van der Waals surface area contributed by atoms with Gasteiger partial charge in [-0.3, -0.25) is 4.90 Å². The van der Waals surface area contributed by atoms with Crippen LogP contribution in [0.1, 0.15) is 61.2 Å². The second-order valence-corrected chi connectivity index (χ2v) is 6.63. The van der Waals surface area contributed by atoms with Gasteiger partial charge in [-0.2, -0.15) is 13.2 Å². The van der Waals surface area contributed by atoms with E-state index in [9.17, 15) is 13.2 Å². The number of halogens is 3. The van der Waals surface area contributed by atoms with Crippen LogP contribution in [-0.4, -0.2) is 16.6 Å². The van der Waals surface area contributed by atoms with Crippen LogP contribution in [0.4, 0.5) is 13.2 Å². The third kappa shape index (κ3) is 3.64. The minimum absolute atomic E-state index is 0.170. The molecular formula is C18H21F3N2O. The second-order valence-electron chi connectivity index (χ2n) is 6.63. The minimum atomic E-state index is -4.29. The van der Waals surface area contributed by atoms with Gasteiger partial charge in [-0.05, 0) is 37.1 Å². The number of aromatic nitrogens is 1. The number of likely N-dealkylation sites (tertiary alicyclic amines) is 1. The van der Waals surface area contributed by atoms with Crippen molar-refractivity contribution in [1.29, 1.82) is 0 Å². The number of nitrogens with zero attached hydrogens (tertiary/aromatic N) is 2. The molecule has 0 aliphatic carbocycles. The Morgan fingerprint density at radius 1 is 1.25 bits per heavy atom. The summed E-state index contributed by atoms with van der Waals surface area (Å²) in [5.41, 5.74) is 1.19. The summed E-state index contributed by atoms with van der Waals surface area (Å²) in [7, 11) is 0. The van der Waals surface area contributed by atoms with E-state index in [1.807, 2.05) is 6.07 Å². The van der Waals surface area contributed by atoms with E-state index in [-0.39, 0.29) is 12.0 Å². The Morgan fingerprint density at radius 2 is 1.96 bits per heavy atom. The van der Waals surface area contributed by atoms with Crippen molar-refractivity contribution in [3.05, 3.63) is 52.9 Å². The Bertz CT molecular complexity index is 676. The molecule has 24 heavy (non-hydrogen) atoms. The van der Waals surface area contributed by atoms with Crippen molar-refractivity contribution >= 4 is 0 Å². The van der Waals surface area contributed by atoms with E-state index in [4.69, 9.17) is 4.52 Å². The summed E-state index contributed by atoms with van der Waals surface area (Å²) in [5, 5.41) is 4.19. The smallest absolute Gasteiger partial charge is 0.361 e. The zero-order chi connectivity index (χ0) is 17.3. The van der Waals surface area contributed by atoms with E-state index >= 15 is 0 Å². The molecule has 1 fully saturated rings. The van der Waals surface area contributed by atoms with Crippen molar-refractivity contribution in [3.8, 4) is 0 Å². The van der Waals surface area contributed by atoms with Gasteiger partial charge in [0.1, 0.15) is 11.5 Å². The van der Waals surface area contributed by atoms with Gasteiger partial charge in [-0.25, -0.2) is 0 Å². The minimum Gasteiger partial charge on any atom is -0.361 e. The molecule has 0 saturated carbocycles. The third-order valence-corrected chi connectivity index (χ3v) is 4.49. The fraction of sp³-hybridized carbons (Fsp3) is 0.500. The van der Waals surface area contributed by atoms with Gasteiger partial charge in [0.05, 0.1) is 11.6 Å². The first-order valence-corrected chi connectivity index (χ1v) is 8.21. The number of hydrogen-bond donors (Lipinski definition) is 0. The topological polar surface area (TPSA) is 29.3 Å². The number of rotatable bonds is 4. The van der Waals surface area contributed by atoms with E-state index < -0.39 is 11.7 Å². The van der Waals surface area contributed by atoms with Gasteiger partial charge in [-0.1, -0.05) is 31.1 Å². The zero-order valence-corrected chi connectivity index (χ0v) is 13.8. The largest absolute Gasteiger partial charge is 0.416 e. The first-order valence-electron chi connectivity index (χ1n) is 8.21. The molecule has 6 heteroatoms. The molecule has 2 heterocycles. The predicted octanol–water partition coefficient (Wildman–Crippen LogP) is 5.15. The molecule has 1 aromatic carbocycles. The van der Waals surface area contributed by atoms with Gasteiger partial charge < -0.3 is 4.52 Å². The summed E-state index contributed by atoms with van der Waals surface area (Å²) in [6.45, 7) is 5.64. The van der Waals surface area contributed by atoms with Gasteiger partial charge in [0, 0.05) is 18.5 Å². The lowest BCUT2D eigenvalue weighted by molar-refractivity contribution is -0.137. The average Bonchev–Trinajstić information content (AvgIpc) is 3.15. The molecule has 0 N–H and O–H groups in total. The van der Waals surface area contributed by atoms with Crippen LogP contribution >= 0.6 is 0 Å². The second kappa shape index (κ2) is 6.59. The Kier molecular flexibility index (Phi) is 4.67. The molecule has 1 aromatic heterocycles. The summed E-state index contributed by atoms with van der Waals surface area (Å²) in [6, 6.07) is 7.57. The van der Waals surface area contributed by atoms with Crippen LogP contribution in [0.15, 0.2) is 34.9 Å². The highest BCUT2D eigenvalue weighted by atomic mass is 19.4. The maximum atomic E-state index is 12.6. The molecule has 3 rings (SSSR count). The van der Waals surface area contributed by atoms with Crippen LogP contribution in [0.5, 0.6) is 0 Å². The van der Waals surface area contributed by atoms with E-state index in [0.717, 1.165) is 48.5 Å². The maximum absolute atomic E-state index is 12.6. The summed E-state index contributed by atoms with van der Waals surface area (Å²) in [5.74, 6) is 1.15. The van der Waals surface area contributed by atoms with Gasteiger partial charge >= 0.3 is 6.18 Å². The standard InChI is InChI=1S/C18H21F3N2O/c1-12(2)17-10-15(22-24-17)16-4-3-9-23(16)11-13-5-7-14(8-6-13)18(19,20)21/h5-8,10,12,16H,3-4,9,11H2,1-2H3/t16-/m1/s1. The lowest BCUT2D eigenvalue weighted by atomic mass is 10.1. The van der Waals surface area contributed by atoms with Crippen LogP contribution in [-0.2, 0) is 12.7 Å². The molecule has 1 aliphatic rings. The zero-order valence-electron chi connectivity index (χ0n) is 13.8. The Labute approximate surface area is 139 Å². The van der Waals surface area contributed by atoms with Crippen LogP contribution in [0.25, 0.3) is 0 Å². The molecule has 0 radical (unpaired) electrons. The van der Waals surface area contributed by atoms with Crippen molar-refractivity contribution in [2.24, 2.45) is 0 Å². The molecule has 1 aliphatic heterocycles. The SMILES string of the molecule is CC(C)c1cc([C@H]2CCCN2Cc2ccc(C(F)(F)F)cc2)no1. The summed E-state index contributed by atoms with van der Waals surface area (Å²) in [6.07, 6.45) is -2.25. The van der Waals surface area contributed by atoms with Crippen molar-refractivity contribution in [2.75, 3.05) is 6.54 Å². The number of benzene rings is 1. The molecule has 0 bridgehead atoms. The van der Waals surface area contributed by atoms with Crippen molar-refractivity contribution in [1.82, 2.24) is 10.1 Å². The lowest BCUT2D eigenvalue weighted by Gasteiger charge is -2.22. The molecule has 0 unspecified atom stereocenters. The van der Waals surface area contributed by atoms with Gasteiger partial charge in [0.25, 0.3) is 0 Å². The summed E-state index contributed by atoms with van der Waals surface area (Å²) in [4.78, 5) is 2.25. The quantitative estimate of drug-likeness (QED) is 0.772. The highest BCUT2D eigenvalue weighted by molar-refractivity contribution is 5.25. The number of alkyl halides is 3. The molecule has 1 saturated heterocycles. The highest BCUT2D eigenvalue weighted by Gasteiger charge is 2.31. The van der Waals surface area contributed by atoms with Crippen LogP contribution in [0, 0.1) is 0 Å². The fourth-order valence-electron chi connectivity index (χ4n) is 3.12. The van der Waals surface area contributed by atoms with E-state index in [1.165, 1.54) is 0 Å². The first-order chi connectivity index (χ1) is 11.3. The summed E-state index contributed by atoms with van der Waals surface area (Å²) >= 11 is 0. The molecule has 0 amide bonds. The predicted molar refractivity (Wildman–Crippen MR) is 84.4 cm³/mol. The van der Waals surface area contributed by atoms with E-state index in [1.54, 1.807) is 12.1 Å². The lowest BCUT2D eigenvalue weighted by Crippen LogP contribution is -2.23. The Morgan fingerprint density at radius 3 is 2.54 bits per heavy atom. The Hall–Kier alpha value is -1.82. The van der Waals surface area contributed by atoms with Gasteiger partial charge in [0.15, 0.2) is 0 Å². The molecular weight excluding hydrogens is 317 g/mol. The monoisotopic (exact) mass is 338 g/mol. The van der Waals surface area contributed by atoms with E-state index in [2.05, 4.69) is 23.9 Å².